The highest BCUT2D eigenvalue weighted by molar-refractivity contribution is 5.42. The smallest absolute Gasteiger partial charge is 0.243 e. The third kappa shape index (κ3) is 1.28. The van der Waals surface area contributed by atoms with E-state index in [9.17, 15) is 0 Å². The molecule has 2 N–H and O–H groups in total. The second-order valence-corrected chi connectivity index (χ2v) is 1.91. The van der Waals surface area contributed by atoms with Crippen molar-refractivity contribution in [2.45, 2.75) is 0 Å². The van der Waals surface area contributed by atoms with E-state index >= 15 is 0 Å². The first-order valence-corrected chi connectivity index (χ1v) is 3.11. The average Bonchev–Trinajstić information content (AvgIpc) is 2.70. The Balaban J connectivity index is 2.38. The SMILES string of the molecule is [N-]=[N+]=Nc1nc(-c2nn[nH]n2)n[nH]1. The summed E-state index contributed by atoms with van der Waals surface area (Å²) in [6.45, 7) is 0. The predicted molar refractivity (Wildman–Crippen MR) is 38.4 cm³/mol. The molecule has 0 spiro atoms. The molecule has 0 amide bonds. The molecule has 10 heteroatoms. The van der Waals surface area contributed by atoms with Gasteiger partial charge in [0.05, 0.1) is 0 Å². The number of azide groups is 1. The first-order chi connectivity index (χ1) is 6.40. The van der Waals surface area contributed by atoms with Crippen LogP contribution in [0.4, 0.5) is 5.95 Å². The number of nitrogens with zero attached hydrogens (tertiary/aromatic N) is 8. The lowest BCUT2D eigenvalue weighted by atomic mass is 10.6. The molecule has 64 valence electrons. The maximum Gasteiger partial charge on any atom is 0.243 e. The molecule has 0 atom stereocenters. The summed E-state index contributed by atoms with van der Waals surface area (Å²) >= 11 is 0. The molecule has 0 aliphatic rings. The van der Waals surface area contributed by atoms with Gasteiger partial charge in [-0.25, -0.2) is 4.98 Å². The van der Waals surface area contributed by atoms with E-state index in [-0.39, 0.29) is 17.6 Å². The minimum atomic E-state index is 0.0577. The number of hydrogen-bond donors (Lipinski definition) is 2. The van der Waals surface area contributed by atoms with Gasteiger partial charge in [0.25, 0.3) is 0 Å². The Labute approximate surface area is 70.0 Å². The average molecular weight is 178 g/mol. The predicted octanol–water partition coefficient (Wildman–Crippen LogP) is -0.0734. The monoisotopic (exact) mass is 178 g/mol. The van der Waals surface area contributed by atoms with E-state index in [1.54, 1.807) is 0 Å². The van der Waals surface area contributed by atoms with Crippen molar-refractivity contribution in [1.29, 1.82) is 0 Å². The number of H-pyrrole nitrogens is 2. The summed E-state index contributed by atoms with van der Waals surface area (Å²) in [7, 11) is 0. The Hall–Kier alpha value is -2.48. The summed E-state index contributed by atoms with van der Waals surface area (Å²) in [5.41, 5.74) is 8.08. The normalized spacial score (nSPS) is 9.54. The standard InChI is InChI=1S/C3H2N10/c4-11-10-3-5-1(6-9-3)2-7-12-13-8-2/h(H,5,6,9)(H,7,8,12,13). The van der Waals surface area contributed by atoms with Crippen molar-refractivity contribution in [3.63, 3.8) is 0 Å². The van der Waals surface area contributed by atoms with Gasteiger partial charge in [-0.15, -0.1) is 15.3 Å². The third-order valence-electron chi connectivity index (χ3n) is 1.16. The molecule has 0 aromatic carbocycles. The number of rotatable bonds is 2. The van der Waals surface area contributed by atoms with E-state index in [0.717, 1.165) is 0 Å². The zero-order chi connectivity index (χ0) is 9.10. The van der Waals surface area contributed by atoms with Crippen LogP contribution in [-0.4, -0.2) is 35.8 Å². The van der Waals surface area contributed by atoms with E-state index in [1.165, 1.54) is 0 Å². The van der Waals surface area contributed by atoms with Crippen molar-refractivity contribution in [3.05, 3.63) is 10.4 Å². The molecule has 10 nitrogen and oxygen atoms in total. The Morgan fingerprint density at radius 3 is 2.92 bits per heavy atom. The van der Waals surface area contributed by atoms with E-state index < -0.39 is 0 Å². The summed E-state index contributed by atoms with van der Waals surface area (Å²) in [6.07, 6.45) is 0. The van der Waals surface area contributed by atoms with Gasteiger partial charge in [-0.2, -0.15) is 5.21 Å². The Kier molecular flexibility index (Phi) is 1.59. The fourth-order valence-electron chi connectivity index (χ4n) is 0.697. The molecule has 2 heterocycles. The first kappa shape index (κ1) is 7.18. The van der Waals surface area contributed by atoms with Crippen molar-refractivity contribution in [2.24, 2.45) is 5.11 Å². The van der Waals surface area contributed by atoms with Gasteiger partial charge in [0.1, 0.15) is 0 Å². The molecule has 0 saturated heterocycles. The molecule has 2 aromatic rings. The van der Waals surface area contributed by atoms with E-state index in [2.05, 4.69) is 45.8 Å². The molecule has 0 fully saturated rings. The molecule has 0 unspecified atom stereocenters. The zero-order valence-electron chi connectivity index (χ0n) is 6.08. The van der Waals surface area contributed by atoms with Crippen LogP contribution in [0.2, 0.25) is 0 Å². The van der Waals surface area contributed by atoms with Crippen molar-refractivity contribution in [3.8, 4) is 11.6 Å². The summed E-state index contributed by atoms with van der Waals surface area (Å²) in [5, 5.41) is 22.1. The highest BCUT2D eigenvalue weighted by Gasteiger charge is 2.08. The van der Waals surface area contributed by atoms with Crippen molar-refractivity contribution in [2.75, 3.05) is 0 Å². The molecule has 0 bridgehead atoms. The van der Waals surface area contributed by atoms with Gasteiger partial charge in [0.15, 0.2) is 0 Å². The Morgan fingerprint density at radius 1 is 1.31 bits per heavy atom. The van der Waals surface area contributed by atoms with Crippen molar-refractivity contribution < 1.29 is 0 Å². The fourth-order valence-corrected chi connectivity index (χ4v) is 0.697. The van der Waals surface area contributed by atoms with Crippen LogP contribution in [0.1, 0.15) is 0 Å². The first-order valence-electron chi connectivity index (χ1n) is 3.11. The second-order valence-electron chi connectivity index (χ2n) is 1.91. The summed E-state index contributed by atoms with van der Waals surface area (Å²) in [4.78, 5) is 6.30. The Morgan fingerprint density at radius 2 is 2.23 bits per heavy atom. The van der Waals surface area contributed by atoms with Gasteiger partial charge in [0, 0.05) is 4.91 Å². The molecule has 2 rings (SSSR count). The number of nitrogens with one attached hydrogen (secondary N) is 2. The highest BCUT2D eigenvalue weighted by Crippen LogP contribution is 2.10. The highest BCUT2D eigenvalue weighted by atomic mass is 15.5. The van der Waals surface area contributed by atoms with Crippen LogP contribution in [0, 0.1) is 0 Å². The lowest BCUT2D eigenvalue weighted by molar-refractivity contribution is 0.881. The van der Waals surface area contributed by atoms with Crippen LogP contribution < -0.4 is 0 Å². The largest absolute Gasteiger partial charge is 0.257 e. The topological polar surface area (TPSA) is 145 Å². The zero-order valence-corrected chi connectivity index (χ0v) is 6.08. The maximum absolute atomic E-state index is 8.08. The van der Waals surface area contributed by atoms with Crippen molar-refractivity contribution >= 4 is 5.95 Å². The van der Waals surface area contributed by atoms with Crippen LogP contribution in [0.5, 0.6) is 0 Å². The van der Waals surface area contributed by atoms with Gasteiger partial charge in [-0.1, -0.05) is 0 Å². The van der Waals surface area contributed by atoms with Crippen LogP contribution in [-0.2, 0) is 0 Å². The van der Waals surface area contributed by atoms with Crippen LogP contribution in [0.3, 0.4) is 0 Å². The molecule has 0 radical (unpaired) electrons. The molecule has 0 aliphatic heterocycles. The Bertz CT molecular complexity index is 430. The van der Waals surface area contributed by atoms with Crippen LogP contribution in [0.25, 0.3) is 22.1 Å². The van der Waals surface area contributed by atoms with Gasteiger partial charge in [-0.3, -0.25) is 5.10 Å². The number of aromatic amines is 2. The molecular formula is C3H2N10. The quantitative estimate of drug-likeness (QED) is 0.375. The lowest BCUT2D eigenvalue weighted by Crippen LogP contribution is -1.82. The van der Waals surface area contributed by atoms with Crippen LogP contribution in [0.15, 0.2) is 5.11 Å². The second kappa shape index (κ2) is 2.87. The minimum absolute atomic E-state index is 0.0577. The molecular weight excluding hydrogens is 176 g/mol. The summed E-state index contributed by atoms with van der Waals surface area (Å²) in [6, 6.07) is 0. The fraction of sp³-hybridized carbons (Fsp3) is 0. The number of tetrazole rings is 1. The third-order valence-corrected chi connectivity index (χ3v) is 1.16. The molecule has 0 saturated carbocycles. The summed E-state index contributed by atoms with van der Waals surface area (Å²) < 4.78 is 0. The van der Waals surface area contributed by atoms with E-state index in [1.807, 2.05) is 0 Å². The molecule has 2 aromatic heterocycles. The number of hydrogen-bond acceptors (Lipinski definition) is 6. The summed E-state index contributed by atoms with van der Waals surface area (Å²) in [5.74, 6) is 0.508. The van der Waals surface area contributed by atoms with Gasteiger partial charge in [0.2, 0.25) is 17.6 Å². The number of aromatic nitrogens is 7. The van der Waals surface area contributed by atoms with Gasteiger partial charge in [-0.05, 0) is 15.9 Å². The lowest BCUT2D eigenvalue weighted by Gasteiger charge is -1.77. The molecule has 0 aliphatic carbocycles. The van der Waals surface area contributed by atoms with E-state index in [4.69, 9.17) is 5.53 Å². The van der Waals surface area contributed by atoms with Gasteiger partial charge < -0.3 is 0 Å². The maximum atomic E-state index is 8.08. The van der Waals surface area contributed by atoms with Crippen molar-refractivity contribution in [1.82, 2.24) is 35.8 Å². The minimum Gasteiger partial charge on any atom is -0.257 e. The van der Waals surface area contributed by atoms with E-state index in [0.29, 0.717) is 0 Å². The molecule has 13 heavy (non-hydrogen) atoms. The van der Waals surface area contributed by atoms with Gasteiger partial charge >= 0.3 is 0 Å². The van der Waals surface area contributed by atoms with Crippen LogP contribution >= 0.6 is 0 Å².